The number of carbonyl (C=O) groups is 2. The molecule has 0 aliphatic carbocycles. The molecule has 0 fully saturated rings. The zero-order chi connectivity index (χ0) is 50.1. The molecule has 0 aliphatic rings. The lowest BCUT2D eigenvalue weighted by molar-refractivity contribution is -0.870. The number of unbranched alkanes of at least 4 members (excludes halogenated alkanes) is 31. The van der Waals surface area contributed by atoms with Crippen LogP contribution in [0.1, 0.15) is 258 Å². The second-order valence-electron chi connectivity index (χ2n) is 20.5. The highest BCUT2D eigenvalue weighted by Gasteiger charge is 2.30. The maximum absolute atomic E-state index is 13.5. The second kappa shape index (κ2) is 48.6. The molecule has 0 saturated carbocycles. The van der Waals surface area contributed by atoms with Crippen molar-refractivity contribution < 1.29 is 37.3 Å². The molecule has 398 valence electrons. The van der Waals surface area contributed by atoms with E-state index < -0.39 is 20.0 Å². The van der Waals surface area contributed by atoms with Crippen LogP contribution in [-0.2, 0) is 27.9 Å². The van der Waals surface area contributed by atoms with E-state index in [-0.39, 0.29) is 31.5 Å². The van der Waals surface area contributed by atoms with Crippen LogP contribution in [0, 0.1) is 0 Å². The molecular weight excluding hydrogens is 868 g/mol. The molecule has 2 N–H and O–H groups in total. The van der Waals surface area contributed by atoms with E-state index in [0.717, 1.165) is 77.0 Å². The van der Waals surface area contributed by atoms with Crippen LogP contribution in [0.15, 0.2) is 48.6 Å². The molecule has 10 heteroatoms. The van der Waals surface area contributed by atoms with Crippen LogP contribution in [0.3, 0.4) is 0 Å². The first-order valence-electron chi connectivity index (χ1n) is 28.5. The summed E-state index contributed by atoms with van der Waals surface area (Å²) < 4.78 is 30.6. The van der Waals surface area contributed by atoms with Crippen molar-refractivity contribution in [3.8, 4) is 0 Å². The third-order valence-corrected chi connectivity index (χ3v) is 13.6. The standard InChI is InChI=1S/C58H109N2O7P/c1-7-10-13-16-19-22-25-27-29-31-32-35-38-41-44-47-50-57(61)59-55(54-66-68(63,64)65-53-52-60(4,5)6)56(49-46-43-40-37-34-24-21-18-15-12-9-3)67-58(62)51-48-45-42-39-36-33-30-28-26-23-20-17-14-11-8-2/h11,14,17,20,23,26,46,49,55-56H,7-10,12-13,15-16,18-19,21-22,24-25,27-45,47-48,50-54H2,1-6H3,(H-,59,61,63,64)/p+1/b14-11+,20-17+,26-23+,49-46+. The molecule has 0 aromatic heterocycles. The number of phosphoric ester groups is 1. The number of ether oxygens (including phenoxy) is 1. The van der Waals surface area contributed by atoms with Gasteiger partial charge in [0.2, 0.25) is 5.91 Å². The summed E-state index contributed by atoms with van der Waals surface area (Å²) in [5.74, 6) is -0.513. The summed E-state index contributed by atoms with van der Waals surface area (Å²) in [6.07, 6.45) is 58.1. The predicted molar refractivity (Wildman–Crippen MR) is 291 cm³/mol. The van der Waals surface area contributed by atoms with Crippen molar-refractivity contribution in [3.63, 3.8) is 0 Å². The molecule has 3 unspecified atom stereocenters. The van der Waals surface area contributed by atoms with E-state index in [1.54, 1.807) is 0 Å². The van der Waals surface area contributed by atoms with Crippen molar-refractivity contribution in [2.75, 3.05) is 40.9 Å². The maximum Gasteiger partial charge on any atom is 0.472 e. The Morgan fingerprint density at radius 1 is 0.529 bits per heavy atom. The van der Waals surface area contributed by atoms with Gasteiger partial charge in [-0.05, 0) is 51.0 Å². The molecule has 0 bridgehead atoms. The minimum atomic E-state index is -4.44. The quantitative estimate of drug-likeness (QED) is 0.0156. The van der Waals surface area contributed by atoms with Gasteiger partial charge in [0, 0.05) is 12.8 Å². The summed E-state index contributed by atoms with van der Waals surface area (Å²) in [6, 6.07) is -0.849. The number of nitrogens with one attached hydrogen (secondary N) is 1. The average Bonchev–Trinajstić information content (AvgIpc) is 3.29. The van der Waals surface area contributed by atoms with Crippen molar-refractivity contribution in [1.82, 2.24) is 5.32 Å². The first-order chi connectivity index (χ1) is 32.9. The first kappa shape index (κ1) is 66.0. The van der Waals surface area contributed by atoms with Gasteiger partial charge in [0.1, 0.15) is 19.3 Å². The normalized spacial score (nSPS) is 14.2. The van der Waals surface area contributed by atoms with Crippen molar-refractivity contribution in [2.45, 2.75) is 270 Å². The summed E-state index contributed by atoms with van der Waals surface area (Å²) in [4.78, 5) is 37.5. The average molecular weight is 978 g/mol. The highest BCUT2D eigenvalue weighted by molar-refractivity contribution is 7.47. The van der Waals surface area contributed by atoms with E-state index in [1.165, 1.54) is 148 Å². The summed E-state index contributed by atoms with van der Waals surface area (Å²) in [7, 11) is 1.49. The van der Waals surface area contributed by atoms with Crippen molar-refractivity contribution in [1.29, 1.82) is 0 Å². The lowest BCUT2D eigenvalue weighted by Gasteiger charge is -2.27. The summed E-state index contributed by atoms with van der Waals surface area (Å²) in [5, 5.41) is 3.05. The number of nitrogens with zero attached hydrogens (tertiary/aromatic N) is 1. The fraction of sp³-hybridized carbons (Fsp3) is 0.828. The zero-order valence-electron chi connectivity index (χ0n) is 45.3. The molecule has 0 aromatic rings. The van der Waals surface area contributed by atoms with Crippen LogP contribution in [-0.4, -0.2) is 74.3 Å². The highest BCUT2D eigenvalue weighted by Crippen LogP contribution is 2.43. The monoisotopic (exact) mass is 978 g/mol. The number of amides is 1. The van der Waals surface area contributed by atoms with Gasteiger partial charge in [-0.15, -0.1) is 0 Å². The zero-order valence-corrected chi connectivity index (χ0v) is 46.2. The number of allylic oxidation sites excluding steroid dienone is 7. The van der Waals surface area contributed by atoms with Gasteiger partial charge in [-0.25, -0.2) is 4.57 Å². The Kier molecular flexibility index (Phi) is 47.1. The minimum Gasteiger partial charge on any atom is -0.456 e. The van der Waals surface area contributed by atoms with Gasteiger partial charge >= 0.3 is 13.8 Å². The third kappa shape index (κ3) is 49.0. The van der Waals surface area contributed by atoms with Crippen LogP contribution >= 0.6 is 7.82 Å². The van der Waals surface area contributed by atoms with E-state index in [0.29, 0.717) is 17.4 Å². The van der Waals surface area contributed by atoms with Crippen molar-refractivity contribution in [3.05, 3.63) is 48.6 Å². The molecule has 1 amide bonds. The van der Waals surface area contributed by atoms with Gasteiger partial charge in [0.25, 0.3) is 0 Å². The number of hydrogen-bond donors (Lipinski definition) is 2. The van der Waals surface area contributed by atoms with Crippen LogP contribution in [0.5, 0.6) is 0 Å². The Bertz CT molecular complexity index is 1310. The third-order valence-electron chi connectivity index (χ3n) is 12.6. The van der Waals surface area contributed by atoms with Crippen molar-refractivity contribution >= 4 is 19.7 Å². The molecule has 0 heterocycles. The molecule has 0 aromatic carbocycles. The Morgan fingerprint density at radius 3 is 1.40 bits per heavy atom. The summed E-state index contributed by atoms with van der Waals surface area (Å²) in [5.41, 5.74) is 0. The molecule has 3 atom stereocenters. The number of likely N-dealkylation sites (N-methyl/N-ethyl adjacent to an activating group) is 1. The number of hydrogen-bond acceptors (Lipinski definition) is 6. The Labute approximate surface area is 420 Å². The molecule has 0 spiro atoms. The molecule has 0 radical (unpaired) electrons. The molecule has 0 aliphatic heterocycles. The van der Waals surface area contributed by atoms with Crippen LogP contribution in [0.25, 0.3) is 0 Å². The second-order valence-corrected chi connectivity index (χ2v) is 22.0. The number of rotatable bonds is 51. The van der Waals surface area contributed by atoms with E-state index in [4.69, 9.17) is 13.8 Å². The van der Waals surface area contributed by atoms with Crippen LogP contribution < -0.4 is 5.32 Å². The van der Waals surface area contributed by atoms with Gasteiger partial charge in [-0.1, -0.05) is 243 Å². The van der Waals surface area contributed by atoms with Gasteiger partial charge in [-0.2, -0.15) is 0 Å². The minimum absolute atomic E-state index is 0.0389. The van der Waals surface area contributed by atoms with E-state index in [1.807, 2.05) is 33.3 Å². The predicted octanol–water partition coefficient (Wildman–Crippen LogP) is 16.9. The Balaban J connectivity index is 5.32. The Morgan fingerprint density at radius 2 is 0.941 bits per heavy atom. The molecule has 0 rings (SSSR count). The number of phosphoric acid groups is 1. The van der Waals surface area contributed by atoms with Crippen LogP contribution in [0.2, 0.25) is 0 Å². The van der Waals surface area contributed by atoms with Gasteiger partial charge < -0.3 is 19.4 Å². The molecule has 0 saturated heterocycles. The van der Waals surface area contributed by atoms with Gasteiger partial charge in [0.15, 0.2) is 0 Å². The highest BCUT2D eigenvalue weighted by atomic mass is 31.2. The van der Waals surface area contributed by atoms with Gasteiger partial charge in [-0.3, -0.25) is 18.6 Å². The van der Waals surface area contributed by atoms with E-state index >= 15 is 0 Å². The SMILES string of the molecule is CC/C=C/C=C/C=C/CCCCCCCCCC(=O)OC(/C=C/CCCCCCCCCCC)C(COP(=O)(O)OCC[N+](C)(C)C)NC(=O)CCCCCCCCCCCCCCCCCC. The number of quaternary nitrogens is 1. The first-order valence-corrected chi connectivity index (χ1v) is 30.0. The Hall–Kier alpha value is -2.03. The lowest BCUT2D eigenvalue weighted by Crippen LogP contribution is -2.47. The molecule has 9 nitrogen and oxygen atoms in total. The lowest BCUT2D eigenvalue weighted by atomic mass is 10.0. The largest absolute Gasteiger partial charge is 0.472 e. The van der Waals surface area contributed by atoms with Crippen molar-refractivity contribution in [2.24, 2.45) is 0 Å². The van der Waals surface area contributed by atoms with E-state index in [2.05, 4.69) is 62.5 Å². The number of esters is 1. The number of carbonyl (C=O) groups excluding carboxylic acids is 2. The van der Waals surface area contributed by atoms with E-state index in [9.17, 15) is 19.0 Å². The van der Waals surface area contributed by atoms with Gasteiger partial charge in [0.05, 0.1) is 33.8 Å². The topological polar surface area (TPSA) is 111 Å². The fourth-order valence-corrected chi connectivity index (χ4v) is 8.91. The fourth-order valence-electron chi connectivity index (χ4n) is 8.18. The molecule has 68 heavy (non-hydrogen) atoms. The maximum atomic E-state index is 13.5. The summed E-state index contributed by atoms with van der Waals surface area (Å²) in [6.45, 7) is 6.88. The summed E-state index contributed by atoms with van der Waals surface area (Å²) >= 11 is 0. The molecular formula is C58H110N2O7P+. The smallest absolute Gasteiger partial charge is 0.456 e. The van der Waals surface area contributed by atoms with Crippen LogP contribution in [0.4, 0.5) is 0 Å².